The average molecular weight is 471 g/mol. The molecule has 2 aromatic carbocycles. The SMILES string of the molecule is COc1cc(OC)c(/C=N/NC(=O)c2ccc(Cn3nc(C)cc3C)cc2)cc1Br. The summed E-state index contributed by atoms with van der Waals surface area (Å²) < 4.78 is 13.3. The fourth-order valence-corrected chi connectivity index (χ4v) is 3.50. The molecule has 0 aliphatic rings. The lowest BCUT2D eigenvalue weighted by atomic mass is 10.1. The van der Waals surface area contributed by atoms with Crippen molar-refractivity contribution < 1.29 is 14.3 Å². The Hall–Kier alpha value is -3.13. The predicted octanol–water partition coefficient (Wildman–Crippen LogP) is 4.09. The second-order valence-corrected chi connectivity index (χ2v) is 7.56. The molecular weight excluding hydrogens is 448 g/mol. The van der Waals surface area contributed by atoms with Crippen LogP contribution in [0, 0.1) is 13.8 Å². The number of hydrogen-bond acceptors (Lipinski definition) is 5. The molecule has 0 spiro atoms. The van der Waals surface area contributed by atoms with Crippen LogP contribution in [0.15, 0.2) is 52.0 Å². The highest BCUT2D eigenvalue weighted by molar-refractivity contribution is 9.10. The smallest absolute Gasteiger partial charge is 0.271 e. The zero-order valence-electron chi connectivity index (χ0n) is 17.3. The second-order valence-electron chi connectivity index (χ2n) is 6.71. The first-order valence-electron chi connectivity index (χ1n) is 9.26. The molecule has 3 aromatic rings. The Balaban J connectivity index is 1.65. The highest BCUT2D eigenvalue weighted by atomic mass is 79.9. The van der Waals surface area contributed by atoms with E-state index in [0.717, 1.165) is 21.4 Å². The van der Waals surface area contributed by atoms with Gasteiger partial charge in [-0.25, -0.2) is 5.43 Å². The molecule has 0 fully saturated rings. The predicted molar refractivity (Wildman–Crippen MR) is 120 cm³/mol. The largest absolute Gasteiger partial charge is 0.496 e. The van der Waals surface area contributed by atoms with Crippen LogP contribution in [0.3, 0.4) is 0 Å². The Kier molecular flexibility index (Phi) is 6.89. The quantitative estimate of drug-likeness (QED) is 0.416. The van der Waals surface area contributed by atoms with E-state index in [2.05, 4.69) is 31.6 Å². The van der Waals surface area contributed by atoms with Gasteiger partial charge in [0.1, 0.15) is 11.5 Å². The summed E-state index contributed by atoms with van der Waals surface area (Å²) in [7, 11) is 3.14. The minimum absolute atomic E-state index is 0.296. The maximum absolute atomic E-state index is 12.4. The van der Waals surface area contributed by atoms with Gasteiger partial charge < -0.3 is 9.47 Å². The van der Waals surface area contributed by atoms with Crippen molar-refractivity contribution in [3.8, 4) is 11.5 Å². The van der Waals surface area contributed by atoms with E-state index in [-0.39, 0.29) is 5.91 Å². The molecule has 0 radical (unpaired) electrons. The van der Waals surface area contributed by atoms with E-state index in [1.54, 1.807) is 38.5 Å². The maximum atomic E-state index is 12.4. The number of rotatable bonds is 7. The van der Waals surface area contributed by atoms with E-state index in [1.165, 1.54) is 6.21 Å². The zero-order chi connectivity index (χ0) is 21.7. The number of nitrogens with zero attached hydrogens (tertiary/aromatic N) is 3. The molecule has 0 saturated heterocycles. The standard InChI is InChI=1S/C22H23BrN4O3/c1-14-9-15(2)27(26-14)13-16-5-7-17(8-6-16)22(28)25-24-12-18-10-19(23)21(30-4)11-20(18)29-3/h5-12H,13H2,1-4H3,(H,25,28)/b24-12+. The lowest BCUT2D eigenvalue weighted by Crippen LogP contribution is -2.17. The molecule has 0 aliphatic carbocycles. The highest BCUT2D eigenvalue weighted by Gasteiger charge is 2.09. The van der Waals surface area contributed by atoms with Crippen molar-refractivity contribution in [2.75, 3.05) is 14.2 Å². The maximum Gasteiger partial charge on any atom is 0.271 e. The monoisotopic (exact) mass is 470 g/mol. The summed E-state index contributed by atoms with van der Waals surface area (Å²) in [6, 6.07) is 13.0. The van der Waals surface area contributed by atoms with Crippen LogP contribution in [-0.4, -0.2) is 36.1 Å². The molecule has 0 unspecified atom stereocenters. The van der Waals surface area contributed by atoms with Gasteiger partial charge in [0.15, 0.2) is 0 Å². The first kappa shape index (κ1) is 21.6. The fraction of sp³-hybridized carbons (Fsp3) is 0.227. The Bertz CT molecular complexity index is 1070. The van der Waals surface area contributed by atoms with Crippen LogP contribution in [0.2, 0.25) is 0 Å². The third-order valence-corrected chi connectivity index (χ3v) is 5.15. The first-order valence-corrected chi connectivity index (χ1v) is 10.1. The summed E-state index contributed by atoms with van der Waals surface area (Å²) in [6.07, 6.45) is 1.53. The van der Waals surface area contributed by atoms with E-state index in [1.807, 2.05) is 36.7 Å². The van der Waals surface area contributed by atoms with Gasteiger partial charge in [-0.15, -0.1) is 0 Å². The molecule has 156 valence electrons. The Morgan fingerprint density at radius 3 is 2.43 bits per heavy atom. The van der Waals surface area contributed by atoms with Crippen molar-refractivity contribution in [3.05, 3.63) is 75.0 Å². The van der Waals surface area contributed by atoms with Gasteiger partial charge in [-0.2, -0.15) is 10.2 Å². The van der Waals surface area contributed by atoms with Crippen LogP contribution >= 0.6 is 15.9 Å². The summed E-state index contributed by atoms with van der Waals surface area (Å²) in [4.78, 5) is 12.4. The van der Waals surface area contributed by atoms with Gasteiger partial charge in [0.05, 0.1) is 37.1 Å². The number of carbonyl (C=O) groups excluding carboxylic acids is 1. The first-order chi connectivity index (χ1) is 14.4. The third-order valence-electron chi connectivity index (χ3n) is 4.53. The van der Waals surface area contributed by atoms with Crippen molar-refractivity contribution in [3.63, 3.8) is 0 Å². The van der Waals surface area contributed by atoms with Gasteiger partial charge in [0.25, 0.3) is 5.91 Å². The van der Waals surface area contributed by atoms with Gasteiger partial charge in [-0.05, 0) is 59.6 Å². The molecule has 0 bridgehead atoms. The summed E-state index contributed by atoms with van der Waals surface area (Å²) >= 11 is 3.43. The van der Waals surface area contributed by atoms with Crippen LogP contribution in [-0.2, 0) is 6.54 Å². The van der Waals surface area contributed by atoms with E-state index in [0.29, 0.717) is 29.2 Å². The number of hydrogen-bond donors (Lipinski definition) is 1. The number of halogens is 1. The molecule has 0 saturated carbocycles. The number of amides is 1. The van der Waals surface area contributed by atoms with Crippen molar-refractivity contribution in [2.24, 2.45) is 5.10 Å². The number of carbonyl (C=O) groups is 1. The van der Waals surface area contributed by atoms with Crippen molar-refractivity contribution in [2.45, 2.75) is 20.4 Å². The van der Waals surface area contributed by atoms with Crippen LogP contribution in [0.5, 0.6) is 11.5 Å². The molecule has 1 amide bonds. The Morgan fingerprint density at radius 1 is 1.13 bits per heavy atom. The Morgan fingerprint density at radius 2 is 1.83 bits per heavy atom. The van der Waals surface area contributed by atoms with Crippen LogP contribution in [0.4, 0.5) is 0 Å². The minimum Gasteiger partial charge on any atom is -0.496 e. The molecule has 0 aliphatic heterocycles. The number of aryl methyl sites for hydroxylation is 2. The fourth-order valence-electron chi connectivity index (χ4n) is 2.98. The second kappa shape index (κ2) is 9.58. The topological polar surface area (TPSA) is 77.7 Å². The molecule has 1 aromatic heterocycles. The minimum atomic E-state index is -0.296. The van der Waals surface area contributed by atoms with Gasteiger partial charge in [0, 0.05) is 22.9 Å². The van der Waals surface area contributed by atoms with Crippen LogP contribution in [0.1, 0.15) is 32.9 Å². The zero-order valence-corrected chi connectivity index (χ0v) is 18.9. The van der Waals surface area contributed by atoms with E-state index in [9.17, 15) is 4.79 Å². The van der Waals surface area contributed by atoms with Gasteiger partial charge >= 0.3 is 0 Å². The number of hydrazone groups is 1. The third kappa shape index (κ3) is 5.07. The molecule has 30 heavy (non-hydrogen) atoms. The molecule has 7 nitrogen and oxygen atoms in total. The van der Waals surface area contributed by atoms with Crippen molar-refractivity contribution in [1.29, 1.82) is 0 Å². The molecular formula is C22H23BrN4O3. The molecule has 3 rings (SSSR count). The summed E-state index contributed by atoms with van der Waals surface area (Å²) in [5, 5.41) is 8.51. The number of methoxy groups -OCH3 is 2. The van der Waals surface area contributed by atoms with Crippen molar-refractivity contribution in [1.82, 2.24) is 15.2 Å². The van der Waals surface area contributed by atoms with Crippen LogP contribution in [0.25, 0.3) is 0 Å². The van der Waals surface area contributed by atoms with Gasteiger partial charge in [-0.1, -0.05) is 12.1 Å². The van der Waals surface area contributed by atoms with E-state index < -0.39 is 0 Å². The number of ether oxygens (including phenoxy) is 2. The van der Waals surface area contributed by atoms with E-state index in [4.69, 9.17) is 9.47 Å². The summed E-state index contributed by atoms with van der Waals surface area (Å²) in [6.45, 7) is 4.65. The number of nitrogens with one attached hydrogen (secondary N) is 1. The van der Waals surface area contributed by atoms with Crippen LogP contribution < -0.4 is 14.9 Å². The molecule has 1 heterocycles. The summed E-state index contributed by atoms with van der Waals surface area (Å²) in [5.74, 6) is 0.936. The van der Waals surface area contributed by atoms with Crippen molar-refractivity contribution >= 4 is 28.1 Å². The lowest BCUT2D eigenvalue weighted by Gasteiger charge is -2.09. The Labute approximate surface area is 183 Å². The van der Waals surface area contributed by atoms with E-state index >= 15 is 0 Å². The highest BCUT2D eigenvalue weighted by Crippen LogP contribution is 2.31. The van der Waals surface area contributed by atoms with Gasteiger partial charge in [-0.3, -0.25) is 9.48 Å². The van der Waals surface area contributed by atoms with Gasteiger partial charge in [0.2, 0.25) is 0 Å². The number of aromatic nitrogens is 2. The molecule has 1 N–H and O–H groups in total. The summed E-state index contributed by atoms with van der Waals surface area (Å²) in [5.41, 5.74) is 6.91. The molecule has 0 atom stereocenters. The molecule has 8 heteroatoms. The lowest BCUT2D eigenvalue weighted by molar-refractivity contribution is 0.0955. The average Bonchev–Trinajstić information content (AvgIpc) is 3.05. The number of benzene rings is 2. The normalized spacial score (nSPS) is 11.0.